The fraction of sp³-hybridized carbons (Fsp3) is 0.400. The Labute approximate surface area is 82.2 Å². The highest BCUT2D eigenvalue weighted by molar-refractivity contribution is 6.23. The molecule has 0 amide bonds. The van der Waals surface area contributed by atoms with Gasteiger partial charge in [-0.3, -0.25) is 0 Å². The number of allylic oxidation sites excluding steroid dienone is 1. The third kappa shape index (κ3) is 4.36. The van der Waals surface area contributed by atoms with Gasteiger partial charge in [-0.05, 0) is 11.6 Å². The van der Waals surface area contributed by atoms with E-state index in [-0.39, 0.29) is 0 Å². The van der Waals surface area contributed by atoms with Crippen molar-refractivity contribution in [1.29, 1.82) is 0 Å². The van der Waals surface area contributed by atoms with Crippen molar-refractivity contribution in [2.45, 2.75) is 11.6 Å². The van der Waals surface area contributed by atoms with E-state index in [1.54, 1.807) is 0 Å². The average molecular weight is 260 g/mol. The topological polar surface area (TPSA) is 26.3 Å². The van der Waals surface area contributed by atoms with E-state index in [1.807, 2.05) is 0 Å². The second-order valence-corrected chi connectivity index (χ2v) is 2.45. The Morgan fingerprint density at radius 1 is 1.07 bits per heavy atom. The highest BCUT2D eigenvalue weighted by Crippen LogP contribution is 2.34. The van der Waals surface area contributed by atoms with Gasteiger partial charge in [0, 0.05) is 0 Å². The molecule has 0 bridgehead atoms. The Bertz CT molecular complexity index is 285. The number of hydrogen-bond donors (Lipinski definition) is 0. The van der Waals surface area contributed by atoms with Crippen molar-refractivity contribution in [3.63, 3.8) is 0 Å². The lowest BCUT2D eigenvalue weighted by Gasteiger charge is -2.12. The summed E-state index contributed by atoms with van der Waals surface area (Å²) in [7, 11) is 0. The zero-order chi connectivity index (χ0) is 12.4. The molecule has 0 saturated heterocycles. The largest absolute Gasteiger partial charge is 0.491 e. The summed E-state index contributed by atoms with van der Waals surface area (Å²) in [6.07, 6.45) is -9.00. The molecule has 0 aromatic heterocycles. The Kier molecular flexibility index (Phi) is 3.97. The van der Waals surface area contributed by atoms with E-state index in [1.165, 1.54) is 0 Å². The van der Waals surface area contributed by atoms with E-state index < -0.39 is 29.4 Å². The molecule has 0 rings (SSSR count). The van der Waals surface area contributed by atoms with Crippen molar-refractivity contribution in [2.75, 3.05) is 0 Å². The Morgan fingerprint density at radius 2 is 1.47 bits per heavy atom. The fourth-order valence-electron chi connectivity index (χ4n) is 0.354. The van der Waals surface area contributed by atoms with Crippen LogP contribution >= 0.6 is 11.6 Å². The second kappa shape index (κ2) is 4.25. The number of carbonyl (C=O) groups excluding carboxylic acids is 1. The normalized spacial score (nSPS) is 12.3. The first-order valence-electron chi connectivity index (χ1n) is 2.87. The molecule has 2 nitrogen and oxygen atoms in total. The van der Waals surface area contributed by atoms with Gasteiger partial charge in [-0.2, -0.15) is 30.7 Å². The maximum atomic E-state index is 12.0. The van der Waals surface area contributed by atoms with Gasteiger partial charge in [0.05, 0.1) is 0 Å². The van der Waals surface area contributed by atoms with Crippen molar-refractivity contribution in [3.05, 3.63) is 11.8 Å². The van der Waals surface area contributed by atoms with E-state index in [9.17, 15) is 35.5 Å². The summed E-state index contributed by atoms with van der Waals surface area (Å²) in [5, 5.41) is -4.90. The summed E-state index contributed by atoms with van der Waals surface area (Å²) in [6.45, 7) is 0. The van der Waals surface area contributed by atoms with E-state index in [0.29, 0.717) is 0 Å². The van der Waals surface area contributed by atoms with Gasteiger partial charge in [0.1, 0.15) is 0 Å². The van der Waals surface area contributed by atoms with Crippen LogP contribution < -0.4 is 0 Å². The molecule has 0 aliphatic heterocycles. The molecule has 0 atom stereocenters. The molecular weight excluding hydrogens is 260 g/mol. The van der Waals surface area contributed by atoms with Crippen molar-refractivity contribution in [2.24, 2.45) is 0 Å². The predicted octanol–water partition coefficient (Wildman–Crippen LogP) is 3.03. The van der Waals surface area contributed by atoms with Gasteiger partial charge in [0.15, 0.2) is 0 Å². The molecular formula is C5ClF7O2. The van der Waals surface area contributed by atoms with Crippen molar-refractivity contribution in [3.8, 4) is 0 Å². The van der Waals surface area contributed by atoms with Crippen LogP contribution in [0.1, 0.15) is 0 Å². The van der Waals surface area contributed by atoms with Crippen LogP contribution in [0, 0.1) is 0 Å². The molecule has 0 fully saturated rings. The zero-order valence-corrected chi connectivity index (χ0v) is 7.10. The molecule has 0 aliphatic carbocycles. The molecule has 88 valence electrons. The van der Waals surface area contributed by atoms with Crippen LogP contribution in [0.5, 0.6) is 0 Å². The van der Waals surface area contributed by atoms with Crippen LogP contribution in [0.4, 0.5) is 30.7 Å². The molecule has 0 aromatic rings. The Balaban J connectivity index is 4.93. The maximum absolute atomic E-state index is 12.0. The molecule has 0 N–H and O–H groups in total. The number of carbonyl (C=O) groups is 1. The number of hydrogen-bond acceptors (Lipinski definition) is 2. The first kappa shape index (κ1) is 14.0. The second-order valence-electron chi connectivity index (χ2n) is 1.97. The molecule has 0 heterocycles. The molecule has 0 aliphatic rings. The minimum atomic E-state index is -5.68. The molecule has 0 unspecified atom stereocenters. The molecule has 10 heteroatoms. The highest BCUT2D eigenvalue weighted by Gasteiger charge is 2.47. The summed E-state index contributed by atoms with van der Waals surface area (Å²) in [6, 6.07) is 0. The summed E-state index contributed by atoms with van der Waals surface area (Å²) in [5.41, 5.74) is 0. The minimum Gasteiger partial charge on any atom is -0.411 e. The summed E-state index contributed by atoms with van der Waals surface area (Å²) >= 11 is 3.97. The fourth-order valence-corrected chi connectivity index (χ4v) is 0.464. The third-order valence-corrected chi connectivity index (χ3v) is 1.03. The number of alkyl halides is 6. The van der Waals surface area contributed by atoms with Crippen LogP contribution in [0.3, 0.4) is 0 Å². The third-order valence-electron chi connectivity index (χ3n) is 0.855. The van der Waals surface area contributed by atoms with Crippen molar-refractivity contribution >= 4 is 17.6 Å². The molecule has 0 aromatic carbocycles. The van der Waals surface area contributed by atoms with E-state index >= 15 is 0 Å². The Hall–Kier alpha value is -0.990. The lowest BCUT2D eigenvalue weighted by atomic mass is 10.5. The smallest absolute Gasteiger partial charge is 0.411 e. The average Bonchev–Trinajstić information content (AvgIpc) is 1.94. The van der Waals surface area contributed by atoms with E-state index in [4.69, 9.17) is 0 Å². The monoisotopic (exact) mass is 260 g/mol. The number of ether oxygens (including phenoxy) is 1. The predicted molar refractivity (Wildman–Crippen MR) is 32.2 cm³/mol. The van der Waals surface area contributed by atoms with E-state index in [2.05, 4.69) is 16.3 Å². The zero-order valence-electron chi connectivity index (χ0n) is 6.34. The molecule has 15 heavy (non-hydrogen) atoms. The van der Waals surface area contributed by atoms with Gasteiger partial charge >= 0.3 is 23.6 Å². The SMILES string of the molecule is O=C(OC(=C(F)F)C(F)(F)Cl)C(F)(F)F. The van der Waals surface area contributed by atoms with Gasteiger partial charge < -0.3 is 4.74 Å². The first-order chi connectivity index (χ1) is 6.46. The minimum absolute atomic E-state index is 2.72. The highest BCUT2D eigenvalue weighted by atomic mass is 35.5. The van der Waals surface area contributed by atoms with Gasteiger partial charge in [-0.15, -0.1) is 0 Å². The lowest BCUT2D eigenvalue weighted by Crippen LogP contribution is -2.28. The van der Waals surface area contributed by atoms with Gasteiger partial charge in [0.2, 0.25) is 0 Å². The van der Waals surface area contributed by atoms with Crippen LogP contribution in [0.25, 0.3) is 0 Å². The van der Waals surface area contributed by atoms with Gasteiger partial charge in [0.25, 0.3) is 5.76 Å². The molecule has 0 spiro atoms. The number of halogens is 8. The number of esters is 1. The summed E-state index contributed by atoms with van der Waals surface area (Å²) < 4.78 is 84.2. The van der Waals surface area contributed by atoms with Crippen LogP contribution in [0.2, 0.25) is 0 Å². The molecule has 0 radical (unpaired) electrons. The van der Waals surface area contributed by atoms with Crippen molar-refractivity contribution < 1.29 is 40.3 Å². The van der Waals surface area contributed by atoms with Gasteiger partial charge in [-0.1, -0.05) is 0 Å². The summed E-state index contributed by atoms with van der Waals surface area (Å²) in [5.74, 6) is -6.06. The molecule has 0 saturated carbocycles. The van der Waals surface area contributed by atoms with Gasteiger partial charge in [-0.25, -0.2) is 4.79 Å². The van der Waals surface area contributed by atoms with Crippen LogP contribution in [0.15, 0.2) is 11.8 Å². The summed E-state index contributed by atoms with van der Waals surface area (Å²) in [4.78, 5) is 9.92. The number of rotatable bonds is 2. The Morgan fingerprint density at radius 3 is 1.67 bits per heavy atom. The van der Waals surface area contributed by atoms with Crippen molar-refractivity contribution in [1.82, 2.24) is 0 Å². The van der Waals surface area contributed by atoms with Crippen LogP contribution in [-0.4, -0.2) is 17.5 Å². The van der Waals surface area contributed by atoms with Crippen LogP contribution in [-0.2, 0) is 9.53 Å². The maximum Gasteiger partial charge on any atom is 0.491 e. The lowest BCUT2D eigenvalue weighted by molar-refractivity contribution is -0.198. The first-order valence-corrected chi connectivity index (χ1v) is 3.25. The standard InChI is InChI=1S/C5ClF7O2/c6-4(9,10)1(2(7)8)15-3(14)5(11,12)13. The van der Waals surface area contributed by atoms with E-state index in [0.717, 1.165) is 0 Å². The quantitative estimate of drug-likeness (QED) is 0.330.